The first-order valence-corrected chi connectivity index (χ1v) is 8.44. The number of rotatable bonds is 5. The smallest absolute Gasteiger partial charge is 0.228 e. The number of anilines is 2. The fourth-order valence-corrected chi connectivity index (χ4v) is 2.71. The van der Waals surface area contributed by atoms with Crippen LogP contribution in [0.3, 0.4) is 0 Å². The first-order chi connectivity index (χ1) is 12.5. The van der Waals surface area contributed by atoms with E-state index in [9.17, 15) is 9.59 Å². The number of hydrogen-bond donors (Lipinski definition) is 2. The molecular formula is C21H17ClN2O2. The summed E-state index contributed by atoms with van der Waals surface area (Å²) in [7, 11) is 0. The minimum atomic E-state index is -0.223. The fraction of sp³-hybridized carbons (Fsp3) is 0.0476. The molecule has 3 aromatic rings. The standard InChI is InChI=1S/C21H17ClN2O2/c22-16-8-6-14(7-9-16)12-20(25)24-19-11-10-17(23)13-18(19)21(26)15-4-2-1-3-5-15/h1-11,13H,12,23H2,(H,24,25). The molecule has 0 aliphatic rings. The molecule has 0 aromatic heterocycles. The lowest BCUT2D eigenvalue weighted by atomic mass is 10.0. The minimum Gasteiger partial charge on any atom is -0.399 e. The summed E-state index contributed by atoms with van der Waals surface area (Å²) < 4.78 is 0. The molecule has 0 aliphatic heterocycles. The second-order valence-electron chi connectivity index (χ2n) is 5.85. The van der Waals surface area contributed by atoms with Crippen LogP contribution in [0.15, 0.2) is 72.8 Å². The van der Waals surface area contributed by atoms with Gasteiger partial charge in [0.1, 0.15) is 0 Å². The maximum absolute atomic E-state index is 12.8. The number of amides is 1. The summed E-state index contributed by atoms with van der Waals surface area (Å²) >= 11 is 5.86. The van der Waals surface area contributed by atoms with Crippen LogP contribution in [-0.2, 0) is 11.2 Å². The van der Waals surface area contributed by atoms with Crippen LogP contribution >= 0.6 is 11.6 Å². The van der Waals surface area contributed by atoms with Gasteiger partial charge in [-0.05, 0) is 35.9 Å². The largest absolute Gasteiger partial charge is 0.399 e. The molecule has 130 valence electrons. The molecule has 0 aliphatic carbocycles. The van der Waals surface area contributed by atoms with Crippen molar-refractivity contribution in [2.75, 3.05) is 11.1 Å². The molecule has 0 fully saturated rings. The second kappa shape index (κ2) is 7.85. The molecular weight excluding hydrogens is 348 g/mol. The number of nitrogen functional groups attached to an aromatic ring is 1. The Kier molecular flexibility index (Phi) is 5.34. The number of carbonyl (C=O) groups excluding carboxylic acids is 2. The molecule has 3 rings (SSSR count). The molecule has 4 nitrogen and oxygen atoms in total. The van der Waals surface area contributed by atoms with Gasteiger partial charge in [0.15, 0.2) is 5.78 Å². The van der Waals surface area contributed by atoms with E-state index in [1.807, 2.05) is 6.07 Å². The summed E-state index contributed by atoms with van der Waals surface area (Å²) in [4.78, 5) is 25.2. The second-order valence-corrected chi connectivity index (χ2v) is 6.29. The molecule has 0 saturated heterocycles. The van der Waals surface area contributed by atoms with Crippen molar-refractivity contribution in [1.29, 1.82) is 0 Å². The van der Waals surface area contributed by atoms with Crippen molar-refractivity contribution in [2.24, 2.45) is 0 Å². The van der Waals surface area contributed by atoms with E-state index in [4.69, 9.17) is 17.3 Å². The van der Waals surface area contributed by atoms with Crippen LogP contribution in [0.2, 0.25) is 5.02 Å². The Hall–Kier alpha value is -3.11. The Bertz CT molecular complexity index is 938. The van der Waals surface area contributed by atoms with Gasteiger partial charge in [-0.1, -0.05) is 54.1 Å². The summed E-state index contributed by atoms with van der Waals surface area (Å²) in [6.45, 7) is 0. The van der Waals surface area contributed by atoms with Gasteiger partial charge in [0, 0.05) is 21.8 Å². The van der Waals surface area contributed by atoms with Gasteiger partial charge >= 0.3 is 0 Å². The Balaban J connectivity index is 1.82. The van der Waals surface area contributed by atoms with Crippen molar-refractivity contribution in [1.82, 2.24) is 0 Å². The summed E-state index contributed by atoms with van der Waals surface area (Å²) in [5.74, 6) is -0.418. The van der Waals surface area contributed by atoms with Gasteiger partial charge in [-0.3, -0.25) is 9.59 Å². The van der Waals surface area contributed by atoms with Crippen LogP contribution < -0.4 is 11.1 Å². The number of ketones is 1. The first kappa shape index (κ1) is 17.7. The third-order valence-electron chi connectivity index (χ3n) is 3.88. The van der Waals surface area contributed by atoms with Gasteiger partial charge in [0.05, 0.1) is 12.1 Å². The van der Waals surface area contributed by atoms with Crippen LogP contribution in [0.5, 0.6) is 0 Å². The van der Waals surface area contributed by atoms with Gasteiger partial charge in [-0.2, -0.15) is 0 Å². The first-order valence-electron chi connectivity index (χ1n) is 8.06. The predicted molar refractivity (Wildman–Crippen MR) is 105 cm³/mol. The van der Waals surface area contributed by atoms with Crippen LogP contribution in [0.25, 0.3) is 0 Å². The summed E-state index contributed by atoms with van der Waals surface area (Å²) in [5.41, 5.74) is 8.46. The average molecular weight is 365 g/mol. The maximum atomic E-state index is 12.8. The van der Waals surface area contributed by atoms with E-state index in [1.54, 1.807) is 66.7 Å². The average Bonchev–Trinajstić information content (AvgIpc) is 2.65. The number of halogens is 1. The lowest BCUT2D eigenvalue weighted by Gasteiger charge is -2.12. The summed E-state index contributed by atoms with van der Waals surface area (Å²) in [5, 5.41) is 3.42. The highest BCUT2D eigenvalue weighted by Gasteiger charge is 2.16. The van der Waals surface area contributed by atoms with E-state index in [2.05, 4.69) is 5.32 Å². The fourth-order valence-electron chi connectivity index (χ4n) is 2.59. The lowest BCUT2D eigenvalue weighted by molar-refractivity contribution is -0.115. The van der Waals surface area contributed by atoms with E-state index >= 15 is 0 Å². The van der Waals surface area contributed by atoms with Crippen LogP contribution in [0.4, 0.5) is 11.4 Å². The van der Waals surface area contributed by atoms with E-state index in [-0.39, 0.29) is 18.1 Å². The van der Waals surface area contributed by atoms with Crippen molar-refractivity contribution in [3.8, 4) is 0 Å². The molecule has 26 heavy (non-hydrogen) atoms. The van der Waals surface area contributed by atoms with Gasteiger partial charge in [-0.15, -0.1) is 0 Å². The van der Waals surface area contributed by atoms with Crippen LogP contribution in [0.1, 0.15) is 21.5 Å². The number of nitrogens with one attached hydrogen (secondary N) is 1. The summed E-state index contributed by atoms with van der Waals surface area (Å²) in [6, 6.07) is 20.8. The van der Waals surface area contributed by atoms with Gasteiger partial charge in [0.2, 0.25) is 5.91 Å². The van der Waals surface area contributed by atoms with E-state index in [0.29, 0.717) is 27.5 Å². The molecule has 0 saturated carbocycles. The monoisotopic (exact) mass is 364 g/mol. The lowest BCUT2D eigenvalue weighted by Crippen LogP contribution is -2.17. The van der Waals surface area contributed by atoms with Gasteiger partial charge in [0.25, 0.3) is 0 Å². The zero-order chi connectivity index (χ0) is 18.5. The number of nitrogens with two attached hydrogens (primary N) is 1. The molecule has 0 atom stereocenters. The number of carbonyl (C=O) groups is 2. The van der Waals surface area contributed by atoms with E-state index in [0.717, 1.165) is 5.56 Å². The van der Waals surface area contributed by atoms with Crippen LogP contribution in [-0.4, -0.2) is 11.7 Å². The zero-order valence-corrected chi connectivity index (χ0v) is 14.7. The Morgan fingerprint density at radius 3 is 2.31 bits per heavy atom. The molecule has 3 aromatic carbocycles. The highest BCUT2D eigenvalue weighted by molar-refractivity contribution is 6.30. The minimum absolute atomic E-state index is 0.181. The third-order valence-corrected chi connectivity index (χ3v) is 4.13. The van der Waals surface area contributed by atoms with Gasteiger partial charge in [-0.25, -0.2) is 0 Å². The predicted octanol–water partition coefficient (Wildman–Crippen LogP) is 4.33. The number of hydrogen-bond acceptors (Lipinski definition) is 3. The topological polar surface area (TPSA) is 72.2 Å². The molecule has 0 unspecified atom stereocenters. The Morgan fingerprint density at radius 2 is 1.62 bits per heavy atom. The molecule has 0 heterocycles. The van der Waals surface area contributed by atoms with Crippen molar-refractivity contribution in [3.05, 3.63) is 94.5 Å². The van der Waals surface area contributed by atoms with E-state index in [1.165, 1.54) is 0 Å². The molecule has 1 amide bonds. The van der Waals surface area contributed by atoms with Crippen molar-refractivity contribution >= 4 is 34.7 Å². The SMILES string of the molecule is Nc1ccc(NC(=O)Cc2ccc(Cl)cc2)c(C(=O)c2ccccc2)c1. The van der Waals surface area contributed by atoms with Gasteiger partial charge < -0.3 is 11.1 Å². The van der Waals surface area contributed by atoms with Crippen molar-refractivity contribution in [3.63, 3.8) is 0 Å². The third kappa shape index (κ3) is 4.29. The Morgan fingerprint density at radius 1 is 0.923 bits per heavy atom. The van der Waals surface area contributed by atoms with Crippen LogP contribution in [0, 0.1) is 0 Å². The quantitative estimate of drug-likeness (QED) is 0.522. The highest BCUT2D eigenvalue weighted by Crippen LogP contribution is 2.23. The highest BCUT2D eigenvalue weighted by atomic mass is 35.5. The zero-order valence-electron chi connectivity index (χ0n) is 13.9. The summed E-state index contributed by atoms with van der Waals surface area (Å²) in [6.07, 6.45) is 0.181. The van der Waals surface area contributed by atoms with Crippen molar-refractivity contribution in [2.45, 2.75) is 6.42 Å². The Labute approximate surface area is 156 Å². The number of benzene rings is 3. The molecule has 0 bridgehead atoms. The molecule has 5 heteroatoms. The maximum Gasteiger partial charge on any atom is 0.228 e. The van der Waals surface area contributed by atoms with E-state index < -0.39 is 0 Å². The van der Waals surface area contributed by atoms with Crippen molar-refractivity contribution < 1.29 is 9.59 Å². The molecule has 0 spiro atoms. The normalized spacial score (nSPS) is 10.3. The molecule has 3 N–H and O–H groups in total. The molecule has 0 radical (unpaired) electrons.